The number of carbonyl (C=O) groups excluding carboxylic acids is 1. The monoisotopic (exact) mass is 319 g/mol. The van der Waals surface area contributed by atoms with E-state index in [0.717, 1.165) is 41.1 Å². The number of nitrogens with zero attached hydrogens (tertiary/aromatic N) is 3. The van der Waals surface area contributed by atoms with Crippen LogP contribution in [0.5, 0.6) is 0 Å². The Labute approximate surface area is 141 Å². The smallest absolute Gasteiger partial charge is 0.231 e. The summed E-state index contributed by atoms with van der Waals surface area (Å²) in [6.07, 6.45) is 2.93. The van der Waals surface area contributed by atoms with E-state index in [1.54, 1.807) is 0 Å². The summed E-state index contributed by atoms with van der Waals surface area (Å²) < 4.78 is 2.10. The van der Waals surface area contributed by atoms with Crippen molar-refractivity contribution in [3.05, 3.63) is 59.4 Å². The summed E-state index contributed by atoms with van der Waals surface area (Å²) in [5.41, 5.74) is 6.29. The van der Waals surface area contributed by atoms with Gasteiger partial charge in [0, 0.05) is 25.4 Å². The third kappa shape index (κ3) is 2.30. The Bertz CT molecular complexity index is 924. The summed E-state index contributed by atoms with van der Waals surface area (Å²) in [7, 11) is 1.88. The van der Waals surface area contributed by atoms with Crippen LogP contribution >= 0.6 is 0 Å². The molecule has 4 rings (SSSR count). The molecule has 0 aliphatic carbocycles. The van der Waals surface area contributed by atoms with Crippen molar-refractivity contribution in [2.24, 2.45) is 0 Å². The first-order valence-corrected chi connectivity index (χ1v) is 8.35. The van der Waals surface area contributed by atoms with Crippen molar-refractivity contribution in [1.82, 2.24) is 14.3 Å². The zero-order chi connectivity index (χ0) is 16.8. The summed E-state index contributed by atoms with van der Waals surface area (Å²) in [5.74, 6) is 0.0646. The molecule has 0 bridgehead atoms. The van der Waals surface area contributed by atoms with Crippen LogP contribution in [0.1, 0.15) is 29.2 Å². The maximum absolute atomic E-state index is 12.7. The van der Waals surface area contributed by atoms with E-state index in [2.05, 4.69) is 54.8 Å². The molecule has 1 aliphatic rings. The Hall–Kier alpha value is -2.62. The van der Waals surface area contributed by atoms with E-state index in [9.17, 15) is 4.79 Å². The van der Waals surface area contributed by atoms with E-state index in [0.29, 0.717) is 0 Å². The lowest BCUT2D eigenvalue weighted by Crippen LogP contribution is -2.22. The van der Waals surface area contributed by atoms with Gasteiger partial charge in [0.1, 0.15) is 5.65 Å². The van der Waals surface area contributed by atoms with Gasteiger partial charge in [-0.3, -0.25) is 4.79 Å². The second-order valence-electron chi connectivity index (χ2n) is 6.75. The lowest BCUT2D eigenvalue weighted by Gasteiger charge is -2.13. The molecule has 3 aromatic rings. The molecule has 1 saturated heterocycles. The topological polar surface area (TPSA) is 37.6 Å². The van der Waals surface area contributed by atoms with Crippen molar-refractivity contribution in [3.63, 3.8) is 0 Å². The van der Waals surface area contributed by atoms with E-state index in [1.165, 1.54) is 5.56 Å². The maximum Gasteiger partial charge on any atom is 0.231 e. The number of amides is 1. The minimum Gasteiger partial charge on any atom is -0.345 e. The molecule has 4 nitrogen and oxygen atoms in total. The Morgan fingerprint density at radius 3 is 2.42 bits per heavy atom. The van der Waals surface area contributed by atoms with Crippen molar-refractivity contribution < 1.29 is 4.79 Å². The quantitative estimate of drug-likeness (QED) is 0.724. The highest BCUT2D eigenvalue weighted by molar-refractivity contribution is 5.88. The van der Waals surface area contributed by atoms with Gasteiger partial charge in [0.15, 0.2) is 0 Å². The molecule has 1 aromatic carbocycles. The van der Waals surface area contributed by atoms with Crippen molar-refractivity contribution in [1.29, 1.82) is 0 Å². The predicted octanol–water partition coefficient (Wildman–Crippen LogP) is 3.56. The van der Waals surface area contributed by atoms with E-state index in [-0.39, 0.29) is 11.8 Å². The van der Waals surface area contributed by atoms with Gasteiger partial charge in [0.25, 0.3) is 0 Å². The van der Waals surface area contributed by atoms with Crippen LogP contribution in [0.15, 0.2) is 42.6 Å². The number of aryl methyl sites for hydroxylation is 2. The van der Waals surface area contributed by atoms with Gasteiger partial charge in [0.05, 0.1) is 17.3 Å². The summed E-state index contributed by atoms with van der Waals surface area (Å²) in [4.78, 5) is 19.3. The first-order valence-electron chi connectivity index (χ1n) is 8.35. The van der Waals surface area contributed by atoms with Gasteiger partial charge >= 0.3 is 0 Å². The molecule has 0 radical (unpaired) electrons. The van der Waals surface area contributed by atoms with Gasteiger partial charge in [-0.25, -0.2) is 4.98 Å². The molecule has 1 fully saturated rings. The van der Waals surface area contributed by atoms with Gasteiger partial charge in [0.2, 0.25) is 5.91 Å². The number of hydrogen-bond acceptors (Lipinski definition) is 2. The molecular weight excluding hydrogens is 298 g/mol. The minimum absolute atomic E-state index is 0.122. The second-order valence-corrected chi connectivity index (χ2v) is 6.75. The fourth-order valence-electron chi connectivity index (χ4n) is 3.50. The number of carbonyl (C=O) groups is 1. The molecule has 0 saturated carbocycles. The number of aromatic nitrogens is 2. The number of benzene rings is 1. The van der Waals surface area contributed by atoms with Crippen LogP contribution < -0.4 is 0 Å². The molecule has 3 heterocycles. The van der Waals surface area contributed by atoms with Gasteiger partial charge in [-0.05, 0) is 31.9 Å². The first kappa shape index (κ1) is 14.9. The molecule has 1 amide bonds. The van der Waals surface area contributed by atoms with Crippen LogP contribution in [-0.4, -0.2) is 33.8 Å². The second kappa shape index (κ2) is 5.48. The Morgan fingerprint density at radius 1 is 1.04 bits per heavy atom. The summed E-state index contributed by atoms with van der Waals surface area (Å²) >= 11 is 0. The zero-order valence-electron chi connectivity index (χ0n) is 14.3. The van der Waals surface area contributed by atoms with Crippen molar-refractivity contribution in [2.45, 2.75) is 26.2 Å². The fraction of sp³-hybridized carbons (Fsp3) is 0.300. The largest absolute Gasteiger partial charge is 0.345 e. The standard InChI is InChI=1S/C20H21N3O/c1-13-4-7-15(8-5-13)18-19(16-10-11-22(3)20(16)24)23-12-14(2)6-9-17(23)21-18/h4-9,12,16H,10-11H2,1-3H3. The number of pyridine rings is 1. The number of rotatable bonds is 2. The van der Waals surface area contributed by atoms with E-state index in [4.69, 9.17) is 4.98 Å². The van der Waals surface area contributed by atoms with Crippen LogP contribution in [0, 0.1) is 13.8 Å². The van der Waals surface area contributed by atoms with E-state index < -0.39 is 0 Å². The SMILES string of the molecule is Cc1ccc(-c2nc3ccc(C)cn3c2C2CCN(C)C2=O)cc1. The number of likely N-dealkylation sites (N-methyl/N-ethyl adjacent to an activating group) is 1. The van der Waals surface area contributed by atoms with Crippen molar-refractivity contribution in [2.75, 3.05) is 13.6 Å². The number of likely N-dealkylation sites (tertiary alicyclic amines) is 1. The normalized spacial score (nSPS) is 17.9. The molecule has 1 unspecified atom stereocenters. The average Bonchev–Trinajstić information content (AvgIpc) is 3.09. The van der Waals surface area contributed by atoms with Crippen LogP contribution in [0.4, 0.5) is 0 Å². The lowest BCUT2D eigenvalue weighted by atomic mass is 9.98. The van der Waals surface area contributed by atoms with Crippen LogP contribution in [0.3, 0.4) is 0 Å². The van der Waals surface area contributed by atoms with Crippen molar-refractivity contribution >= 4 is 11.6 Å². The Kier molecular flexibility index (Phi) is 3.41. The van der Waals surface area contributed by atoms with Gasteiger partial charge in [-0.15, -0.1) is 0 Å². The third-order valence-electron chi connectivity index (χ3n) is 4.89. The van der Waals surface area contributed by atoms with E-state index in [1.807, 2.05) is 18.0 Å². The zero-order valence-corrected chi connectivity index (χ0v) is 14.3. The summed E-state index contributed by atoms with van der Waals surface area (Å²) in [6.45, 7) is 4.94. The van der Waals surface area contributed by atoms with Gasteiger partial charge < -0.3 is 9.30 Å². The number of fused-ring (bicyclic) bond motifs is 1. The van der Waals surface area contributed by atoms with E-state index >= 15 is 0 Å². The predicted molar refractivity (Wildman–Crippen MR) is 95.1 cm³/mol. The molecule has 0 N–H and O–H groups in total. The summed E-state index contributed by atoms with van der Waals surface area (Å²) in [5, 5.41) is 0. The molecule has 1 atom stereocenters. The minimum atomic E-state index is -0.122. The lowest BCUT2D eigenvalue weighted by molar-refractivity contribution is -0.127. The molecule has 1 aliphatic heterocycles. The number of hydrogen-bond donors (Lipinski definition) is 0. The average molecular weight is 319 g/mol. The van der Waals surface area contributed by atoms with Crippen LogP contribution in [0.25, 0.3) is 16.9 Å². The highest BCUT2D eigenvalue weighted by Gasteiger charge is 2.35. The van der Waals surface area contributed by atoms with Crippen LogP contribution in [-0.2, 0) is 4.79 Å². The third-order valence-corrected chi connectivity index (χ3v) is 4.89. The Morgan fingerprint density at radius 2 is 1.75 bits per heavy atom. The molecule has 0 spiro atoms. The fourth-order valence-corrected chi connectivity index (χ4v) is 3.50. The highest BCUT2D eigenvalue weighted by Crippen LogP contribution is 2.35. The number of imidazole rings is 1. The molecule has 24 heavy (non-hydrogen) atoms. The molecule has 4 heteroatoms. The van der Waals surface area contributed by atoms with Crippen LogP contribution in [0.2, 0.25) is 0 Å². The molecular formula is C20H21N3O. The van der Waals surface area contributed by atoms with Gasteiger partial charge in [-0.1, -0.05) is 35.9 Å². The Balaban J connectivity index is 1.97. The first-order chi connectivity index (χ1) is 11.5. The van der Waals surface area contributed by atoms with Crippen molar-refractivity contribution in [3.8, 4) is 11.3 Å². The molecule has 122 valence electrons. The molecule has 2 aromatic heterocycles. The van der Waals surface area contributed by atoms with Gasteiger partial charge in [-0.2, -0.15) is 0 Å². The summed E-state index contributed by atoms with van der Waals surface area (Å²) in [6, 6.07) is 12.5. The maximum atomic E-state index is 12.7. The highest BCUT2D eigenvalue weighted by atomic mass is 16.2.